The smallest absolute Gasteiger partial charge is 0.726 e. The van der Waals surface area contributed by atoms with Crippen molar-refractivity contribution >= 4 is 10.4 Å². The Bertz CT molecular complexity index is 448. The largest absolute Gasteiger partial charge is 1.00 e. The number of unbranched alkanes of at least 4 members (excludes halogenated alkanes) is 6. The molecule has 0 unspecified atom stereocenters. The number of aryl methyl sites for hydroxylation is 1. The zero-order chi connectivity index (χ0) is 14.7. The first-order chi connectivity index (χ1) is 9.58. The normalized spacial score (nSPS) is 11.1. The maximum atomic E-state index is 10.2. The van der Waals surface area contributed by atoms with Crippen molar-refractivity contribution in [3.8, 4) is 0 Å². The van der Waals surface area contributed by atoms with Crippen LogP contribution in [0.15, 0.2) is 30.3 Å². The SMILES string of the molecule is O=S(=O)([O-])OCCCCCCCCCc1ccccc1.[Na+]. The predicted octanol–water partition coefficient (Wildman–Crippen LogP) is 0.441. The minimum Gasteiger partial charge on any atom is -0.726 e. The molecule has 0 aromatic heterocycles. The van der Waals surface area contributed by atoms with Crippen LogP contribution in [-0.2, 0) is 21.0 Å². The fraction of sp³-hybridized carbons (Fsp3) is 0.600. The van der Waals surface area contributed by atoms with Crippen LogP contribution in [0.4, 0.5) is 0 Å². The van der Waals surface area contributed by atoms with Crippen LogP contribution in [-0.4, -0.2) is 19.6 Å². The molecule has 1 aromatic rings. The van der Waals surface area contributed by atoms with Gasteiger partial charge in [0.2, 0.25) is 10.4 Å². The van der Waals surface area contributed by atoms with Gasteiger partial charge in [0, 0.05) is 0 Å². The molecule has 0 heterocycles. The Morgan fingerprint density at radius 1 is 0.857 bits per heavy atom. The molecule has 1 aromatic carbocycles. The van der Waals surface area contributed by atoms with Gasteiger partial charge in [-0.05, 0) is 24.8 Å². The Balaban J connectivity index is 0.00000400. The maximum absolute atomic E-state index is 10.2. The van der Waals surface area contributed by atoms with Crippen molar-refractivity contribution < 1.29 is 46.7 Å². The summed E-state index contributed by atoms with van der Waals surface area (Å²) >= 11 is 0. The maximum Gasteiger partial charge on any atom is 1.00 e. The van der Waals surface area contributed by atoms with Gasteiger partial charge in [0.1, 0.15) is 0 Å². The summed E-state index contributed by atoms with van der Waals surface area (Å²) in [5.74, 6) is 0. The fourth-order valence-corrected chi connectivity index (χ4v) is 2.44. The molecule has 0 N–H and O–H groups in total. The monoisotopic (exact) mass is 322 g/mol. The third kappa shape index (κ3) is 13.5. The minimum atomic E-state index is -4.51. The molecule has 0 aliphatic rings. The van der Waals surface area contributed by atoms with E-state index >= 15 is 0 Å². The van der Waals surface area contributed by atoms with Gasteiger partial charge in [0.15, 0.2) is 0 Å². The van der Waals surface area contributed by atoms with Gasteiger partial charge in [-0.2, -0.15) is 0 Å². The average Bonchev–Trinajstić information content (AvgIpc) is 2.41. The molecule has 6 heteroatoms. The zero-order valence-corrected chi connectivity index (χ0v) is 15.6. The Hall–Kier alpha value is 0.0900. The van der Waals surface area contributed by atoms with Crippen molar-refractivity contribution in [2.24, 2.45) is 0 Å². The van der Waals surface area contributed by atoms with Gasteiger partial charge in [-0.25, -0.2) is 8.42 Å². The molecule has 1 rings (SSSR count). The molecule has 0 saturated carbocycles. The predicted molar refractivity (Wildman–Crippen MR) is 78.1 cm³/mol. The molecular weight excluding hydrogens is 299 g/mol. The number of rotatable bonds is 11. The van der Waals surface area contributed by atoms with Crippen molar-refractivity contribution in [3.63, 3.8) is 0 Å². The summed E-state index contributed by atoms with van der Waals surface area (Å²) in [6.07, 6.45) is 8.53. The molecule has 0 saturated heterocycles. The van der Waals surface area contributed by atoms with E-state index in [0.717, 1.165) is 25.7 Å². The Morgan fingerprint density at radius 3 is 1.95 bits per heavy atom. The summed E-state index contributed by atoms with van der Waals surface area (Å²) in [4.78, 5) is 0. The van der Waals surface area contributed by atoms with Crippen LogP contribution >= 0.6 is 0 Å². The first-order valence-electron chi connectivity index (χ1n) is 7.22. The third-order valence-corrected chi connectivity index (χ3v) is 3.64. The summed E-state index contributed by atoms with van der Waals surface area (Å²) in [6.45, 7) is 0.0137. The van der Waals surface area contributed by atoms with Gasteiger partial charge < -0.3 is 4.55 Å². The van der Waals surface area contributed by atoms with E-state index in [1.54, 1.807) is 0 Å². The molecular formula is C15H23NaO4S. The molecule has 0 aliphatic heterocycles. The summed E-state index contributed by atoms with van der Waals surface area (Å²) < 4.78 is 34.7. The van der Waals surface area contributed by atoms with E-state index in [-0.39, 0.29) is 36.2 Å². The van der Waals surface area contributed by atoms with E-state index in [1.165, 1.54) is 24.8 Å². The van der Waals surface area contributed by atoms with Crippen LogP contribution in [0.5, 0.6) is 0 Å². The number of hydrogen-bond acceptors (Lipinski definition) is 4. The molecule has 0 fully saturated rings. The number of benzene rings is 1. The van der Waals surface area contributed by atoms with Crippen molar-refractivity contribution in [2.45, 2.75) is 51.4 Å². The van der Waals surface area contributed by atoms with Crippen molar-refractivity contribution in [2.75, 3.05) is 6.61 Å². The van der Waals surface area contributed by atoms with Gasteiger partial charge >= 0.3 is 29.6 Å². The Labute approximate surface area is 150 Å². The van der Waals surface area contributed by atoms with Crippen LogP contribution in [0.3, 0.4) is 0 Å². The number of hydrogen-bond donors (Lipinski definition) is 0. The van der Waals surface area contributed by atoms with Crippen molar-refractivity contribution in [1.82, 2.24) is 0 Å². The van der Waals surface area contributed by atoms with Crippen LogP contribution in [0.1, 0.15) is 50.5 Å². The van der Waals surface area contributed by atoms with E-state index in [0.29, 0.717) is 6.42 Å². The zero-order valence-electron chi connectivity index (χ0n) is 12.8. The standard InChI is InChI=1S/C15H24O4S.Na/c16-20(17,18)19-14-10-5-3-1-2-4-7-11-15-12-8-6-9-13-15;/h6,8-9,12-13H,1-5,7,10-11,14H2,(H,16,17,18);/q;+1/p-1. The van der Waals surface area contributed by atoms with E-state index < -0.39 is 10.4 Å². The quantitative estimate of drug-likeness (QED) is 0.257. The van der Waals surface area contributed by atoms with Crippen LogP contribution < -0.4 is 29.6 Å². The fourth-order valence-electron chi connectivity index (χ4n) is 2.12. The third-order valence-electron chi connectivity index (χ3n) is 3.18. The van der Waals surface area contributed by atoms with Crippen LogP contribution in [0.2, 0.25) is 0 Å². The second-order valence-corrected chi connectivity index (χ2v) is 5.99. The summed E-state index contributed by atoms with van der Waals surface area (Å²) in [5, 5.41) is 0. The van der Waals surface area contributed by atoms with Crippen LogP contribution in [0, 0.1) is 0 Å². The average molecular weight is 322 g/mol. The second-order valence-electron chi connectivity index (χ2n) is 4.94. The van der Waals surface area contributed by atoms with Gasteiger partial charge in [0.25, 0.3) is 0 Å². The van der Waals surface area contributed by atoms with E-state index in [4.69, 9.17) is 0 Å². The van der Waals surface area contributed by atoms with Gasteiger partial charge in [0.05, 0.1) is 6.61 Å². The Morgan fingerprint density at radius 2 is 1.38 bits per heavy atom. The molecule has 0 amide bonds. The Kier molecular flexibility index (Phi) is 12.7. The van der Waals surface area contributed by atoms with Gasteiger partial charge in [-0.3, -0.25) is 4.18 Å². The summed E-state index contributed by atoms with van der Waals surface area (Å²) in [7, 11) is -4.51. The molecule has 0 bridgehead atoms. The summed E-state index contributed by atoms with van der Waals surface area (Å²) in [6, 6.07) is 10.5. The van der Waals surface area contributed by atoms with Gasteiger partial charge in [-0.15, -0.1) is 0 Å². The van der Waals surface area contributed by atoms with E-state index in [9.17, 15) is 13.0 Å². The molecule has 0 atom stereocenters. The summed E-state index contributed by atoms with van der Waals surface area (Å²) in [5.41, 5.74) is 1.39. The molecule has 0 radical (unpaired) electrons. The van der Waals surface area contributed by atoms with Crippen molar-refractivity contribution in [1.29, 1.82) is 0 Å². The molecule has 0 spiro atoms. The topological polar surface area (TPSA) is 66.4 Å². The van der Waals surface area contributed by atoms with Crippen LogP contribution in [0.25, 0.3) is 0 Å². The van der Waals surface area contributed by atoms with E-state index in [1.807, 2.05) is 6.07 Å². The molecule has 4 nitrogen and oxygen atoms in total. The first kappa shape index (κ1) is 21.1. The second kappa shape index (κ2) is 12.6. The molecule has 0 aliphatic carbocycles. The van der Waals surface area contributed by atoms with E-state index in [2.05, 4.69) is 28.4 Å². The molecule has 114 valence electrons. The first-order valence-corrected chi connectivity index (χ1v) is 8.55. The molecule has 21 heavy (non-hydrogen) atoms. The minimum absolute atomic E-state index is 0. The van der Waals surface area contributed by atoms with Gasteiger partial charge in [-0.1, -0.05) is 62.4 Å². The van der Waals surface area contributed by atoms with Crippen molar-refractivity contribution in [3.05, 3.63) is 35.9 Å².